The van der Waals surface area contributed by atoms with E-state index in [2.05, 4.69) is 0 Å². The standard InChI is InChI=1S/C9H17NO3/c10-7(9(12)13)8(11)6-4-2-1-3-5-6/h6-8,11H,1-5,10H2,(H,12,13)/t7-,8-/m0/s1. The number of rotatable bonds is 3. The van der Waals surface area contributed by atoms with Gasteiger partial charge in [-0.3, -0.25) is 4.79 Å². The lowest BCUT2D eigenvalue weighted by Gasteiger charge is -2.28. The van der Waals surface area contributed by atoms with E-state index in [0.29, 0.717) is 0 Å². The number of carbonyl (C=O) groups is 1. The van der Waals surface area contributed by atoms with Gasteiger partial charge in [-0.2, -0.15) is 0 Å². The number of aliphatic hydroxyl groups excluding tert-OH is 1. The van der Waals surface area contributed by atoms with E-state index in [0.717, 1.165) is 25.7 Å². The molecule has 2 atom stereocenters. The maximum Gasteiger partial charge on any atom is 0.323 e. The first kappa shape index (κ1) is 10.5. The van der Waals surface area contributed by atoms with Crippen molar-refractivity contribution in [1.82, 2.24) is 0 Å². The summed E-state index contributed by atoms with van der Waals surface area (Å²) in [6.45, 7) is 0. The summed E-state index contributed by atoms with van der Waals surface area (Å²) in [7, 11) is 0. The molecule has 0 bridgehead atoms. The Balaban J connectivity index is 2.44. The summed E-state index contributed by atoms with van der Waals surface area (Å²) < 4.78 is 0. The fraction of sp³-hybridized carbons (Fsp3) is 0.889. The second kappa shape index (κ2) is 4.58. The number of hydrogen-bond acceptors (Lipinski definition) is 3. The largest absolute Gasteiger partial charge is 0.480 e. The highest BCUT2D eigenvalue weighted by molar-refractivity contribution is 5.73. The summed E-state index contributed by atoms with van der Waals surface area (Å²) in [4.78, 5) is 10.5. The van der Waals surface area contributed by atoms with Gasteiger partial charge in [0.15, 0.2) is 0 Å². The molecule has 0 aliphatic heterocycles. The smallest absolute Gasteiger partial charge is 0.323 e. The minimum Gasteiger partial charge on any atom is -0.480 e. The average molecular weight is 187 g/mol. The molecule has 0 unspecified atom stereocenters. The highest BCUT2D eigenvalue weighted by Crippen LogP contribution is 2.27. The first-order chi connectivity index (χ1) is 6.13. The van der Waals surface area contributed by atoms with Crippen molar-refractivity contribution in [2.24, 2.45) is 11.7 Å². The number of aliphatic carboxylic acids is 1. The molecule has 1 rings (SSSR count). The maximum absolute atomic E-state index is 10.5. The van der Waals surface area contributed by atoms with Crippen molar-refractivity contribution in [2.45, 2.75) is 44.2 Å². The third-order valence-corrected chi connectivity index (χ3v) is 2.79. The van der Waals surface area contributed by atoms with E-state index in [1.54, 1.807) is 0 Å². The molecule has 1 fully saturated rings. The first-order valence-electron chi connectivity index (χ1n) is 4.79. The molecule has 0 radical (unpaired) electrons. The van der Waals surface area contributed by atoms with E-state index in [9.17, 15) is 9.90 Å². The Morgan fingerprint density at radius 2 is 1.85 bits per heavy atom. The molecule has 0 aromatic rings. The van der Waals surface area contributed by atoms with Crippen molar-refractivity contribution in [3.63, 3.8) is 0 Å². The SMILES string of the molecule is N[C@H](C(=O)O)[C@@H](O)C1CCCCC1. The predicted octanol–water partition coefficient (Wildman–Crippen LogP) is 0.339. The molecule has 4 N–H and O–H groups in total. The van der Waals surface area contributed by atoms with Gasteiger partial charge in [-0.1, -0.05) is 19.3 Å². The van der Waals surface area contributed by atoms with E-state index >= 15 is 0 Å². The normalized spacial score (nSPS) is 23.8. The van der Waals surface area contributed by atoms with Crippen LogP contribution in [0.4, 0.5) is 0 Å². The fourth-order valence-corrected chi connectivity index (χ4v) is 1.91. The third kappa shape index (κ3) is 2.67. The zero-order valence-corrected chi connectivity index (χ0v) is 7.65. The first-order valence-corrected chi connectivity index (χ1v) is 4.79. The highest BCUT2D eigenvalue weighted by Gasteiger charge is 2.30. The molecule has 1 aliphatic carbocycles. The zero-order valence-electron chi connectivity index (χ0n) is 7.65. The summed E-state index contributed by atoms with van der Waals surface area (Å²) in [5.41, 5.74) is 5.34. The van der Waals surface area contributed by atoms with E-state index in [-0.39, 0.29) is 5.92 Å². The molecule has 4 heteroatoms. The van der Waals surface area contributed by atoms with Crippen molar-refractivity contribution in [3.8, 4) is 0 Å². The van der Waals surface area contributed by atoms with Crippen LogP contribution in [0.2, 0.25) is 0 Å². The number of nitrogens with two attached hydrogens (primary N) is 1. The van der Waals surface area contributed by atoms with Crippen LogP contribution < -0.4 is 5.73 Å². The van der Waals surface area contributed by atoms with E-state index in [1.807, 2.05) is 0 Å². The van der Waals surface area contributed by atoms with E-state index in [1.165, 1.54) is 6.42 Å². The van der Waals surface area contributed by atoms with Gasteiger partial charge in [-0.25, -0.2) is 0 Å². The Labute approximate surface area is 77.7 Å². The number of carboxylic acid groups (broad SMARTS) is 1. The van der Waals surface area contributed by atoms with Crippen molar-refractivity contribution in [2.75, 3.05) is 0 Å². The van der Waals surface area contributed by atoms with Crippen molar-refractivity contribution in [1.29, 1.82) is 0 Å². The van der Waals surface area contributed by atoms with Gasteiger partial charge in [0.1, 0.15) is 6.04 Å². The van der Waals surface area contributed by atoms with Crippen LogP contribution in [-0.2, 0) is 4.79 Å². The third-order valence-electron chi connectivity index (χ3n) is 2.79. The van der Waals surface area contributed by atoms with E-state index < -0.39 is 18.1 Å². The van der Waals surface area contributed by atoms with Crippen LogP contribution >= 0.6 is 0 Å². The van der Waals surface area contributed by atoms with E-state index in [4.69, 9.17) is 10.8 Å². The Morgan fingerprint density at radius 1 is 1.31 bits per heavy atom. The van der Waals surface area contributed by atoms with Gasteiger partial charge in [0.25, 0.3) is 0 Å². The number of hydrogen-bond donors (Lipinski definition) is 3. The van der Waals surface area contributed by atoms with Gasteiger partial charge in [0, 0.05) is 0 Å². The summed E-state index contributed by atoms with van der Waals surface area (Å²) in [5, 5.41) is 18.2. The van der Waals surface area contributed by atoms with Crippen LogP contribution in [0.3, 0.4) is 0 Å². The Bertz CT molecular complexity index is 178. The lowest BCUT2D eigenvalue weighted by Crippen LogP contribution is -2.46. The van der Waals surface area contributed by atoms with Crippen molar-refractivity contribution in [3.05, 3.63) is 0 Å². The van der Waals surface area contributed by atoms with Crippen molar-refractivity contribution >= 4 is 5.97 Å². The van der Waals surface area contributed by atoms with Gasteiger partial charge < -0.3 is 15.9 Å². The molecule has 0 aromatic carbocycles. The Hall–Kier alpha value is -0.610. The topological polar surface area (TPSA) is 83.6 Å². The molecular formula is C9H17NO3. The monoisotopic (exact) mass is 187 g/mol. The van der Waals surface area contributed by atoms with Crippen molar-refractivity contribution < 1.29 is 15.0 Å². The number of aliphatic hydroxyl groups is 1. The van der Waals surface area contributed by atoms with Crippen LogP contribution in [0.1, 0.15) is 32.1 Å². The fourth-order valence-electron chi connectivity index (χ4n) is 1.91. The van der Waals surface area contributed by atoms with Gasteiger partial charge in [-0.05, 0) is 18.8 Å². The molecule has 1 aliphatic rings. The molecule has 0 spiro atoms. The summed E-state index contributed by atoms with van der Waals surface area (Å²) in [5.74, 6) is -1.03. The summed E-state index contributed by atoms with van der Waals surface area (Å²) in [6, 6.07) is -1.12. The summed E-state index contributed by atoms with van der Waals surface area (Å²) >= 11 is 0. The Kier molecular flexibility index (Phi) is 3.69. The Morgan fingerprint density at radius 3 is 2.31 bits per heavy atom. The molecule has 0 aromatic heterocycles. The molecule has 1 saturated carbocycles. The quantitative estimate of drug-likeness (QED) is 0.595. The molecule has 0 amide bonds. The maximum atomic E-state index is 10.5. The average Bonchev–Trinajstić information content (AvgIpc) is 2.17. The second-order valence-electron chi connectivity index (χ2n) is 3.75. The van der Waals surface area contributed by atoms with Crippen LogP contribution in [0, 0.1) is 5.92 Å². The van der Waals surface area contributed by atoms with Gasteiger partial charge in [0.05, 0.1) is 6.10 Å². The molecular weight excluding hydrogens is 170 g/mol. The minimum absolute atomic E-state index is 0.0832. The van der Waals surface area contributed by atoms with Crippen LogP contribution in [-0.4, -0.2) is 28.3 Å². The number of carboxylic acids is 1. The van der Waals surface area contributed by atoms with Crippen LogP contribution in [0.5, 0.6) is 0 Å². The predicted molar refractivity (Wildman–Crippen MR) is 48.2 cm³/mol. The molecule has 76 valence electrons. The van der Waals surface area contributed by atoms with Gasteiger partial charge in [0.2, 0.25) is 0 Å². The lowest BCUT2D eigenvalue weighted by atomic mass is 9.83. The molecule has 4 nitrogen and oxygen atoms in total. The van der Waals surface area contributed by atoms with Crippen LogP contribution in [0.15, 0.2) is 0 Å². The molecule has 0 saturated heterocycles. The highest BCUT2D eigenvalue weighted by atomic mass is 16.4. The minimum atomic E-state index is -1.12. The molecule has 13 heavy (non-hydrogen) atoms. The summed E-state index contributed by atoms with van der Waals surface area (Å²) in [6.07, 6.45) is 4.27. The second-order valence-corrected chi connectivity index (χ2v) is 3.75. The van der Waals surface area contributed by atoms with Crippen LogP contribution in [0.25, 0.3) is 0 Å². The lowest BCUT2D eigenvalue weighted by molar-refractivity contribution is -0.142. The van der Waals surface area contributed by atoms with Gasteiger partial charge >= 0.3 is 5.97 Å². The van der Waals surface area contributed by atoms with Gasteiger partial charge in [-0.15, -0.1) is 0 Å². The zero-order chi connectivity index (χ0) is 9.84. The molecule has 0 heterocycles.